The standard InChI is InChI=1S/C3H10O2Si/c4-2-1-3-6-5/h4-5H,1-3,6H2. The minimum Gasteiger partial charge on any atom is -0.438 e. The number of hydrogen-bond donors (Lipinski definition) is 2. The molecule has 0 fully saturated rings. The van der Waals surface area contributed by atoms with E-state index in [1.807, 2.05) is 0 Å². The van der Waals surface area contributed by atoms with Gasteiger partial charge in [-0.15, -0.1) is 0 Å². The van der Waals surface area contributed by atoms with Crippen LogP contribution >= 0.6 is 0 Å². The van der Waals surface area contributed by atoms with Crippen molar-refractivity contribution in [2.45, 2.75) is 12.5 Å². The molecule has 0 aromatic rings. The average Bonchev–Trinajstić information content (AvgIpc) is 1.61. The van der Waals surface area contributed by atoms with Crippen LogP contribution in [0.2, 0.25) is 6.04 Å². The van der Waals surface area contributed by atoms with E-state index in [4.69, 9.17) is 9.90 Å². The van der Waals surface area contributed by atoms with Crippen LogP contribution in [0, 0.1) is 0 Å². The summed E-state index contributed by atoms with van der Waals surface area (Å²) >= 11 is 0. The molecule has 0 unspecified atom stereocenters. The molecule has 0 saturated carbocycles. The Kier molecular flexibility index (Phi) is 5.25. The molecule has 0 rings (SSSR count). The summed E-state index contributed by atoms with van der Waals surface area (Å²) in [5.41, 5.74) is 0. The van der Waals surface area contributed by atoms with Crippen LogP contribution in [-0.2, 0) is 0 Å². The van der Waals surface area contributed by atoms with Gasteiger partial charge in [0.2, 0.25) is 0 Å². The normalized spacial score (nSPS) is 11.0. The lowest BCUT2D eigenvalue weighted by Gasteiger charge is -1.84. The first-order valence-electron chi connectivity index (χ1n) is 2.13. The van der Waals surface area contributed by atoms with E-state index >= 15 is 0 Å². The molecular weight excluding hydrogens is 96.1 g/mol. The van der Waals surface area contributed by atoms with Gasteiger partial charge < -0.3 is 9.90 Å². The lowest BCUT2D eigenvalue weighted by molar-refractivity contribution is 0.293. The van der Waals surface area contributed by atoms with E-state index in [1.54, 1.807) is 0 Å². The van der Waals surface area contributed by atoms with E-state index < -0.39 is 9.76 Å². The lowest BCUT2D eigenvalue weighted by Crippen LogP contribution is -1.88. The third-order valence-electron chi connectivity index (χ3n) is 0.566. The van der Waals surface area contributed by atoms with Crippen molar-refractivity contribution >= 4 is 9.76 Å². The predicted octanol–water partition coefficient (Wildman–Crippen LogP) is -1.14. The zero-order valence-electron chi connectivity index (χ0n) is 3.72. The van der Waals surface area contributed by atoms with E-state index in [0.717, 1.165) is 12.5 Å². The summed E-state index contributed by atoms with van der Waals surface area (Å²) in [6, 6.07) is 0.858. The molecule has 0 bridgehead atoms. The second-order valence-corrected chi connectivity index (χ2v) is 2.31. The summed E-state index contributed by atoms with van der Waals surface area (Å²) in [6.07, 6.45) is 0.780. The summed E-state index contributed by atoms with van der Waals surface area (Å²) in [4.78, 5) is 8.23. The molecule has 0 aromatic heterocycles. The van der Waals surface area contributed by atoms with Gasteiger partial charge in [-0.25, -0.2) is 0 Å². The molecule has 0 saturated heterocycles. The van der Waals surface area contributed by atoms with Crippen LogP contribution in [0.15, 0.2) is 0 Å². The molecule has 0 spiro atoms. The molecule has 0 aromatic carbocycles. The van der Waals surface area contributed by atoms with Crippen molar-refractivity contribution in [3.05, 3.63) is 0 Å². The molecule has 0 aliphatic carbocycles. The maximum absolute atomic E-state index is 8.23. The molecule has 2 nitrogen and oxygen atoms in total. The Morgan fingerprint density at radius 2 is 2.17 bits per heavy atom. The highest BCUT2D eigenvalue weighted by atomic mass is 28.2. The third-order valence-corrected chi connectivity index (χ3v) is 1.38. The second kappa shape index (κ2) is 5.14. The first-order valence-corrected chi connectivity index (χ1v) is 3.76. The molecule has 0 heterocycles. The van der Waals surface area contributed by atoms with Crippen molar-refractivity contribution in [2.75, 3.05) is 6.61 Å². The van der Waals surface area contributed by atoms with Gasteiger partial charge in [-0.1, -0.05) is 0 Å². The fourth-order valence-corrected chi connectivity index (χ4v) is 0.671. The lowest BCUT2D eigenvalue weighted by atomic mass is 10.5. The van der Waals surface area contributed by atoms with E-state index in [0.29, 0.717) is 0 Å². The molecule has 0 atom stereocenters. The third kappa shape index (κ3) is 4.14. The number of hydrogen-bond acceptors (Lipinski definition) is 2. The Labute approximate surface area is 39.8 Å². The van der Waals surface area contributed by atoms with Gasteiger partial charge in [0.25, 0.3) is 0 Å². The number of aliphatic hydroxyl groups is 1. The van der Waals surface area contributed by atoms with Crippen molar-refractivity contribution < 1.29 is 9.90 Å². The van der Waals surface area contributed by atoms with Crippen LogP contribution in [0.1, 0.15) is 6.42 Å². The fourth-order valence-electron chi connectivity index (χ4n) is 0.224. The zero-order chi connectivity index (χ0) is 4.83. The van der Waals surface area contributed by atoms with Gasteiger partial charge in [0.05, 0.1) is 0 Å². The first-order chi connectivity index (χ1) is 2.91. The molecular formula is C3H10O2Si. The Morgan fingerprint density at radius 1 is 1.50 bits per heavy atom. The summed E-state index contributed by atoms with van der Waals surface area (Å²) in [7, 11) is -0.757. The van der Waals surface area contributed by atoms with Crippen molar-refractivity contribution in [1.29, 1.82) is 0 Å². The Bertz CT molecular complexity index is 20.8. The molecule has 0 aliphatic heterocycles. The van der Waals surface area contributed by atoms with Crippen molar-refractivity contribution in [3.8, 4) is 0 Å². The van der Waals surface area contributed by atoms with E-state index in [2.05, 4.69) is 0 Å². The van der Waals surface area contributed by atoms with Crippen molar-refractivity contribution in [2.24, 2.45) is 0 Å². The van der Waals surface area contributed by atoms with Crippen LogP contribution < -0.4 is 0 Å². The minimum atomic E-state index is -0.757. The Hall–Kier alpha value is 0.137. The summed E-state index contributed by atoms with van der Waals surface area (Å²) < 4.78 is 0. The van der Waals surface area contributed by atoms with Crippen molar-refractivity contribution in [3.63, 3.8) is 0 Å². The minimum absolute atomic E-state index is 0.230. The first kappa shape index (κ1) is 6.14. The maximum atomic E-state index is 8.23. The van der Waals surface area contributed by atoms with Crippen LogP contribution in [0.3, 0.4) is 0 Å². The summed E-state index contributed by atoms with van der Waals surface area (Å²) in [6.45, 7) is 0.230. The molecule has 6 heavy (non-hydrogen) atoms. The molecule has 0 aliphatic rings. The van der Waals surface area contributed by atoms with E-state index in [9.17, 15) is 0 Å². The zero-order valence-corrected chi connectivity index (χ0v) is 5.14. The molecule has 38 valence electrons. The average molecular weight is 106 g/mol. The monoisotopic (exact) mass is 106 g/mol. The molecule has 2 N–H and O–H groups in total. The van der Waals surface area contributed by atoms with Gasteiger partial charge in [0, 0.05) is 6.61 Å². The fraction of sp³-hybridized carbons (Fsp3) is 1.00. The quantitative estimate of drug-likeness (QED) is 0.353. The largest absolute Gasteiger partial charge is 0.438 e. The summed E-state index contributed by atoms with van der Waals surface area (Å²) in [5, 5.41) is 8.11. The summed E-state index contributed by atoms with van der Waals surface area (Å²) in [5.74, 6) is 0. The van der Waals surface area contributed by atoms with Crippen LogP contribution in [0.25, 0.3) is 0 Å². The Balaban J connectivity index is 2.34. The Morgan fingerprint density at radius 3 is 2.33 bits per heavy atom. The van der Waals surface area contributed by atoms with E-state index in [1.165, 1.54) is 0 Å². The number of aliphatic hydroxyl groups excluding tert-OH is 1. The van der Waals surface area contributed by atoms with Crippen molar-refractivity contribution in [1.82, 2.24) is 0 Å². The maximum Gasteiger partial charge on any atom is 0.156 e. The highest BCUT2D eigenvalue weighted by Gasteiger charge is 1.78. The molecule has 0 amide bonds. The highest BCUT2D eigenvalue weighted by molar-refractivity contribution is 6.25. The smallest absolute Gasteiger partial charge is 0.156 e. The highest BCUT2D eigenvalue weighted by Crippen LogP contribution is 1.80. The van der Waals surface area contributed by atoms with Gasteiger partial charge in [0.15, 0.2) is 9.76 Å². The van der Waals surface area contributed by atoms with Crippen LogP contribution in [0.4, 0.5) is 0 Å². The van der Waals surface area contributed by atoms with Gasteiger partial charge in [-0.05, 0) is 12.5 Å². The molecule has 3 heteroatoms. The van der Waals surface area contributed by atoms with Gasteiger partial charge in [-0.2, -0.15) is 0 Å². The topological polar surface area (TPSA) is 40.5 Å². The van der Waals surface area contributed by atoms with Gasteiger partial charge >= 0.3 is 0 Å². The number of rotatable bonds is 3. The SMILES string of the molecule is OCCC[SiH2]O. The predicted molar refractivity (Wildman–Crippen MR) is 27.3 cm³/mol. The second-order valence-electron chi connectivity index (χ2n) is 1.15. The van der Waals surface area contributed by atoms with Gasteiger partial charge in [0.1, 0.15) is 0 Å². The van der Waals surface area contributed by atoms with Crippen LogP contribution in [0.5, 0.6) is 0 Å². The van der Waals surface area contributed by atoms with Crippen LogP contribution in [-0.4, -0.2) is 26.3 Å². The van der Waals surface area contributed by atoms with E-state index in [-0.39, 0.29) is 6.61 Å². The van der Waals surface area contributed by atoms with Gasteiger partial charge in [-0.3, -0.25) is 0 Å². The molecule has 0 radical (unpaired) electrons.